The molecule has 2 amide bonds. The maximum absolute atomic E-state index is 12.6. The first-order valence-electron chi connectivity index (χ1n) is 10.6. The number of carbonyl (C=O) groups is 1. The Labute approximate surface area is 181 Å². The number of aryl methyl sites for hydroxylation is 1. The van der Waals surface area contributed by atoms with Crippen LogP contribution in [-0.4, -0.2) is 51.8 Å². The van der Waals surface area contributed by atoms with Crippen molar-refractivity contribution in [3.8, 4) is 17.2 Å². The van der Waals surface area contributed by atoms with Crippen LogP contribution in [0.25, 0.3) is 11.5 Å². The molecule has 0 spiro atoms. The molecule has 3 heterocycles. The molecule has 1 aliphatic rings. The highest BCUT2D eigenvalue weighted by atomic mass is 16.5. The van der Waals surface area contributed by atoms with Crippen LogP contribution >= 0.6 is 0 Å². The molecule has 8 nitrogen and oxygen atoms in total. The molecule has 2 aromatic heterocycles. The minimum absolute atomic E-state index is 0.0760. The number of hydrogen-bond donors (Lipinski definition) is 0. The highest BCUT2D eigenvalue weighted by molar-refractivity contribution is 5.93. The maximum Gasteiger partial charge on any atom is 0.324 e. The van der Waals surface area contributed by atoms with Crippen LogP contribution in [0, 0.1) is 6.92 Å². The number of urea groups is 1. The SMILES string of the molecule is Cc1noc(-c2ccc(OC(C)CCCCN3CCN(c4ccncc4)C3=O)cc2)n1. The number of unbranched alkanes of at least 4 members (excludes halogenated alkanes) is 1. The molecule has 1 saturated heterocycles. The average molecular weight is 422 g/mol. The second-order valence-electron chi connectivity index (χ2n) is 7.72. The summed E-state index contributed by atoms with van der Waals surface area (Å²) in [7, 11) is 0. The molecule has 1 unspecified atom stereocenters. The molecular formula is C23H27N5O3. The molecule has 1 atom stereocenters. The Morgan fingerprint density at radius 1 is 1.10 bits per heavy atom. The van der Waals surface area contributed by atoms with E-state index in [4.69, 9.17) is 9.26 Å². The third-order valence-electron chi connectivity index (χ3n) is 5.32. The Hall–Kier alpha value is -3.42. The lowest BCUT2D eigenvalue weighted by Gasteiger charge is -2.19. The predicted octanol–water partition coefficient (Wildman–Crippen LogP) is 4.32. The predicted molar refractivity (Wildman–Crippen MR) is 117 cm³/mol. The largest absolute Gasteiger partial charge is 0.491 e. The number of ether oxygens (including phenoxy) is 1. The number of anilines is 1. The van der Waals surface area contributed by atoms with Gasteiger partial charge >= 0.3 is 6.03 Å². The number of carbonyl (C=O) groups excluding carboxylic acids is 1. The van der Waals surface area contributed by atoms with Crippen molar-refractivity contribution in [2.24, 2.45) is 0 Å². The van der Waals surface area contributed by atoms with Crippen molar-refractivity contribution < 1.29 is 14.1 Å². The quantitative estimate of drug-likeness (QED) is 0.479. The van der Waals surface area contributed by atoms with Crippen molar-refractivity contribution in [1.82, 2.24) is 20.0 Å². The number of rotatable bonds is 9. The van der Waals surface area contributed by atoms with Gasteiger partial charge in [-0.15, -0.1) is 0 Å². The molecule has 4 rings (SSSR count). The average Bonchev–Trinajstić information content (AvgIpc) is 3.38. The smallest absolute Gasteiger partial charge is 0.324 e. The number of amides is 2. The van der Waals surface area contributed by atoms with E-state index in [1.807, 2.05) is 46.2 Å². The van der Waals surface area contributed by atoms with Gasteiger partial charge in [0, 0.05) is 43.3 Å². The second kappa shape index (κ2) is 9.59. The molecule has 1 aliphatic heterocycles. The van der Waals surface area contributed by atoms with Gasteiger partial charge in [-0.2, -0.15) is 4.98 Å². The van der Waals surface area contributed by atoms with Gasteiger partial charge in [0.1, 0.15) is 5.75 Å². The van der Waals surface area contributed by atoms with E-state index in [2.05, 4.69) is 22.0 Å². The Kier molecular flexibility index (Phi) is 6.45. The summed E-state index contributed by atoms with van der Waals surface area (Å²) >= 11 is 0. The Morgan fingerprint density at radius 3 is 2.58 bits per heavy atom. The first kappa shape index (κ1) is 20.8. The molecule has 162 valence electrons. The Balaban J connectivity index is 1.18. The third-order valence-corrected chi connectivity index (χ3v) is 5.32. The van der Waals surface area contributed by atoms with E-state index in [1.165, 1.54) is 0 Å². The minimum Gasteiger partial charge on any atom is -0.491 e. The van der Waals surface area contributed by atoms with Gasteiger partial charge in [-0.25, -0.2) is 4.79 Å². The first-order valence-corrected chi connectivity index (χ1v) is 10.6. The van der Waals surface area contributed by atoms with E-state index in [-0.39, 0.29) is 12.1 Å². The van der Waals surface area contributed by atoms with Gasteiger partial charge in [-0.05, 0) is 69.5 Å². The zero-order valence-electron chi connectivity index (χ0n) is 17.9. The highest BCUT2D eigenvalue weighted by Gasteiger charge is 2.28. The summed E-state index contributed by atoms with van der Waals surface area (Å²) in [5.41, 5.74) is 1.78. The molecule has 0 saturated carbocycles. The molecule has 1 aromatic carbocycles. The van der Waals surface area contributed by atoms with Gasteiger partial charge in [0.05, 0.1) is 6.10 Å². The van der Waals surface area contributed by atoms with Gasteiger partial charge in [0.25, 0.3) is 5.89 Å². The number of hydrogen-bond acceptors (Lipinski definition) is 6. The fraction of sp³-hybridized carbons (Fsp3) is 0.391. The Bertz CT molecular complexity index is 990. The fourth-order valence-electron chi connectivity index (χ4n) is 3.67. The molecule has 0 radical (unpaired) electrons. The Morgan fingerprint density at radius 2 is 1.87 bits per heavy atom. The second-order valence-corrected chi connectivity index (χ2v) is 7.72. The summed E-state index contributed by atoms with van der Waals surface area (Å²) in [4.78, 5) is 24.6. The molecule has 0 N–H and O–H groups in total. The highest BCUT2D eigenvalue weighted by Crippen LogP contribution is 2.23. The van der Waals surface area contributed by atoms with E-state index in [0.717, 1.165) is 55.9 Å². The molecule has 3 aromatic rings. The van der Waals surface area contributed by atoms with Crippen molar-refractivity contribution in [1.29, 1.82) is 0 Å². The number of pyridine rings is 1. The third kappa shape index (κ3) is 5.20. The van der Waals surface area contributed by atoms with E-state index in [0.29, 0.717) is 11.7 Å². The normalized spacial score (nSPS) is 14.8. The fourth-order valence-corrected chi connectivity index (χ4v) is 3.67. The topological polar surface area (TPSA) is 84.6 Å². The van der Waals surface area contributed by atoms with E-state index in [9.17, 15) is 4.79 Å². The van der Waals surface area contributed by atoms with Gasteiger partial charge in [0.15, 0.2) is 5.82 Å². The zero-order valence-corrected chi connectivity index (χ0v) is 17.9. The number of nitrogens with zero attached hydrogens (tertiary/aromatic N) is 5. The standard InChI is InChI=1S/C23H27N5O3/c1-17(30-21-8-6-19(7-9-21)22-25-18(2)26-31-22)5-3-4-14-27-15-16-28(23(27)29)20-10-12-24-13-11-20/h6-13,17H,3-5,14-16H2,1-2H3. The van der Waals surface area contributed by atoms with Crippen molar-refractivity contribution in [3.63, 3.8) is 0 Å². The van der Waals surface area contributed by atoms with Crippen LogP contribution in [-0.2, 0) is 0 Å². The molecule has 1 fully saturated rings. The van der Waals surface area contributed by atoms with Crippen LogP contribution in [0.1, 0.15) is 32.0 Å². The molecule has 31 heavy (non-hydrogen) atoms. The lowest BCUT2D eigenvalue weighted by molar-refractivity contribution is 0.201. The van der Waals surface area contributed by atoms with Gasteiger partial charge in [-0.1, -0.05) is 5.16 Å². The van der Waals surface area contributed by atoms with Crippen LogP contribution in [0.5, 0.6) is 5.75 Å². The van der Waals surface area contributed by atoms with Gasteiger partial charge < -0.3 is 14.2 Å². The summed E-state index contributed by atoms with van der Waals surface area (Å²) in [5, 5.41) is 3.81. The van der Waals surface area contributed by atoms with E-state index < -0.39 is 0 Å². The zero-order chi connectivity index (χ0) is 21.6. The van der Waals surface area contributed by atoms with Crippen molar-refractivity contribution in [2.75, 3.05) is 24.5 Å². The summed E-state index contributed by atoms with van der Waals surface area (Å²) in [6, 6.07) is 11.5. The molecule has 0 aliphatic carbocycles. The van der Waals surface area contributed by atoms with Crippen molar-refractivity contribution in [3.05, 3.63) is 54.6 Å². The number of benzene rings is 1. The van der Waals surface area contributed by atoms with Gasteiger partial charge in [0.2, 0.25) is 0 Å². The monoisotopic (exact) mass is 421 g/mol. The first-order chi connectivity index (χ1) is 15.1. The van der Waals surface area contributed by atoms with E-state index in [1.54, 1.807) is 19.3 Å². The maximum atomic E-state index is 12.6. The summed E-state index contributed by atoms with van der Waals surface area (Å²) < 4.78 is 11.2. The summed E-state index contributed by atoms with van der Waals surface area (Å²) in [6.07, 6.45) is 6.41. The summed E-state index contributed by atoms with van der Waals surface area (Å²) in [6.45, 7) is 6.12. The van der Waals surface area contributed by atoms with Crippen LogP contribution in [0.15, 0.2) is 53.3 Å². The molecular weight excluding hydrogens is 394 g/mol. The van der Waals surface area contributed by atoms with Crippen LogP contribution in [0.4, 0.5) is 10.5 Å². The molecule has 0 bridgehead atoms. The molecule has 8 heteroatoms. The lowest BCUT2D eigenvalue weighted by Crippen LogP contribution is -2.32. The van der Waals surface area contributed by atoms with Gasteiger partial charge in [-0.3, -0.25) is 9.88 Å². The van der Waals surface area contributed by atoms with Crippen molar-refractivity contribution >= 4 is 11.7 Å². The van der Waals surface area contributed by atoms with Crippen LogP contribution in [0.3, 0.4) is 0 Å². The number of aromatic nitrogens is 3. The van der Waals surface area contributed by atoms with Crippen molar-refractivity contribution in [2.45, 2.75) is 39.2 Å². The van der Waals surface area contributed by atoms with Crippen LogP contribution in [0.2, 0.25) is 0 Å². The van der Waals surface area contributed by atoms with E-state index >= 15 is 0 Å². The summed E-state index contributed by atoms with van der Waals surface area (Å²) in [5.74, 6) is 1.94. The minimum atomic E-state index is 0.0760. The van der Waals surface area contributed by atoms with Crippen LogP contribution < -0.4 is 9.64 Å². The lowest BCUT2D eigenvalue weighted by atomic mass is 10.1.